The molecule has 0 aromatic carbocycles. The Hall–Kier alpha value is -1.05. The molecule has 1 aliphatic heterocycles. The van der Waals surface area contributed by atoms with Gasteiger partial charge < -0.3 is 14.4 Å². The molecule has 23 heavy (non-hydrogen) atoms. The van der Waals surface area contributed by atoms with Crippen molar-refractivity contribution >= 4 is 24.2 Å². The zero-order chi connectivity index (χ0) is 14.9. The molecule has 1 unspecified atom stereocenters. The van der Waals surface area contributed by atoms with Gasteiger partial charge in [0, 0.05) is 37.2 Å². The Morgan fingerprint density at radius 2 is 2.17 bits per heavy atom. The molecule has 4 rings (SSSR count). The third-order valence-electron chi connectivity index (χ3n) is 4.44. The highest BCUT2D eigenvalue weighted by molar-refractivity contribution is 7.98. The van der Waals surface area contributed by atoms with E-state index in [0.717, 1.165) is 41.3 Å². The van der Waals surface area contributed by atoms with E-state index in [4.69, 9.17) is 4.52 Å². The van der Waals surface area contributed by atoms with Gasteiger partial charge in [0.05, 0.1) is 5.69 Å². The molecule has 0 bridgehead atoms. The summed E-state index contributed by atoms with van der Waals surface area (Å²) >= 11 is 1.68. The summed E-state index contributed by atoms with van der Waals surface area (Å²) in [5, 5.41) is 17.3. The Bertz CT molecular complexity index is 648. The fourth-order valence-electron chi connectivity index (χ4n) is 2.97. The summed E-state index contributed by atoms with van der Waals surface area (Å²) in [7, 11) is 2.06. The van der Waals surface area contributed by atoms with E-state index in [-0.39, 0.29) is 12.4 Å². The van der Waals surface area contributed by atoms with Gasteiger partial charge in [-0.15, -0.1) is 22.6 Å². The Morgan fingerprint density at radius 1 is 1.30 bits per heavy atom. The van der Waals surface area contributed by atoms with Gasteiger partial charge in [-0.1, -0.05) is 16.9 Å². The third kappa shape index (κ3) is 3.72. The minimum atomic E-state index is 0. The molecular formula is C15H22ClN5OS. The zero-order valence-corrected chi connectivity index (χ0v) is 14.8. The minimum absolute atomic E-state index is 0. The molecule has 8 heteroatoms. The van der Waals surface area contributed by atoms with Gasteiger partial charge in [0.15, 0.2) is 5.16 Å². The van der Waals surface area contributed by atoms with Crippen LogP contribution in [0.3, 0.4) is 0 Å². The molecule has 6 nitrogen and oxygen atoms in total. The van der Waals surface area contributed by atoms with E-state index in [0.29, 0.717) is 11.8 Å². The molecule has 1 N–H and O–H groups in total. The van der Waals surface area contributed by atoms with Crippen molar-refractivity contribution in [3.8, 4) is 0 Å². The monoisotopic (exact) mass is 355 g/mol. The predicted molar refractivity (Wildman–Crippen MR) is 91.1 cm³/mol. The standard InChI is InChI=1S/C15H21N5OS.ClH/c1-20-14(11-3-2-6-16-8-11)17-18-15(20)22-9-12-7-13(21-19-12)10-4-5-10;/h7,10-11,16H,2-6,8-9H2,1H3;1H. The Labute approximate surface area is 146 Å². The van der Waals surface area contributed by atoms with Crippen LogP contribution < -0.4 is 5.32 Å². The molecule has 0 spiro atoms. The fourth-order valence-corrected chi connectivity index (χ4v) is 3.77. The summed E-state index contributed by atoms with van der Waals surface area (Å²) in [5.41, 5.74) is 0.996. The number of thioether (sulfide) groups is 1. The lowest BCUT2D eigenvalue weighted by atomic mass is 9.99. The van der Waals surface area contributed by atoms with Gasteiger partial charge in [-0.05, 0) is 32.2 Å². The lowest BCUT2D eigenvalue weighted by molar-refractivity contribution is 0.380. The SMILES string of the molecule is Cl.Cn1c(SCc2cc(C3CC3)on2)nnc1C1CCCNC1. The first-order chi connectivity index (χ1) is 10.8. The summed E-state index contributed by atoms with van der Waals surface area (Å²) in [6.07, 6.45) is 4.88. The molecule has 1 saturated carbocycles. The molecule has 1 saturated heterocycles. The van der Waals surface area contributed by atoms with Gasteiger partial charge >= 0.3 is 0 Å². The van der Waals surface area contributed by atoms with Gasteiger partial charge in [-0.2, -0.15) is 0 Å². The maximum atomic E-state index is 5.39. The van der Waals surface area contributed by atoms with E-state index >= 15 is 0 Å². The van der Waals surface area contributed by atoms with Crippen LogP contribution >= 0.6 is 24.2 Å². The Kier molecular flexibility index (Phi) is 5.28. The van der Waals surface area contributed by atoms with Gasteiger partial charge in [-0.25, -0.2) is 0 Å². The highest BCUT2D eigenvalue weighted by Crippen LogP contribution is 2.40. The number of halogens is 1. The summed E-state index contributed by atoms with van der Waals surface area (Å²) in [6, 6.07) is 2.09. The molecule has 0 radical (unpaired) electrons. The number of hydrogen-bond acceptors (Lipinski definition) is 6. The van der Waals surface area contributed by atoms with E-state index in [1.807, 2.05) is 0 Å². The number of aromatic nitrogens is 4. The lowest BCUT2D eigenvalue weighted by Crippen LogP contribution is -2.29. The van der Waals surface area contributed by atoms with E-state index in [9.17, 15) is 0 Å². The maximum Gasteiger partial charge on any atom is 0.191 e. The zero-order valence-electron chi connectivity index (χ0n) is 13.2. The second kappa shape index (κ2) is 7.23. The van der Waals surface area contributed by atoms with Gasteiger partial charge in [0.1, 0.15) is 11.6 Å². The molecule has 2 aromatic rings. The normalized spacial score (nSPS) is 21.2. The summed E-state index contributed by atoms with van der Waals surface area (Å²) in [6.45, 7) is 2.12. The average Bonchev–Trinajstić information content (AvgIpc) is 3.18. The molecule has 1 aliphatic carbocycles. The third-order valence-corrected chi connectivity index (χ3v) is 5.49. The Morgan fingerprint density at radius 3 is 2.91 bits per heavy atom. The van der Waals surface area contributed by atoms with Crippen molar-refractivity contribution in [3.05, 3.63) is 23.3 Å². The number of piperidine rings is 1. The Balaban J connectivity index is 0.00000156. The maximum absolute atomic E-state index is 5.39. The number of nitrogens with zero attached hydrogens (tertiary/aromatic N) is 4. The van der Waals surface area contributed by atoms with Crippen molar-refractivity contribution in [1.29, 1.82) is 0 Å². The summed E-state index contributed by atoms with van der Waals surface area (Å²) in [4.78, 5) is 0. The molecule has 126 valence electrons. The van der Waals surface area contributed by atoms with Crippen molar-refractivity contribution in [1.82, 2.24) is 25.2 Å². The molecule has 2 aliphatic rings. The highest BCUT2D eigenvalue weighted by atomic mass is 35.5. The quantitative estimate of drug-likeness (QED) is 0.832. The molecular weight excluding hydrogens is 334 g/mol. The van der Waals surface area contributed by atoms with Crippen LogP contribution in [0.5, 0.6) is 0 Å². The summed E-state index contributed by atoms with van der Waals surface area (Å²) < 4.78 is 7.52. The van der Waals surface area contributed by atoms with E-state index in [1.165, 1.54) is 25.7 Å². The molecule has 0 amide bonds. The van der Waals surface area contributed by atoms with Crippen LogP contribution in [0.4, 0.5) is 0 Å². The van der Waals surface area contributed by atoms with Crippen LogP contribution in [0.25, 0.3) is 0 Å². The van der Waals surface area contributed by atoms with Crippen LogP contribution in [0.1, 0.15) is 54.8 Å². The van der Waals surface area contributed by atoms with E-state index < -0.39 is 0 Å². The van der Waals surface area contributed by atoms with Crippen molar-refractivity contribution in [2.24, 2.45) is 7.05 Å². The first-order valence-electron chi connectivity index (χ1n) is 7.99. The van der Waals surface area contributed by atoms with Crippen LogP contribution in [-0.4, -0.2) is 33.0 Å². The van der Waals surface area contributed by atoms with E-state index in [1.54, 1.807) is 11.8 Å². The molecule has 2 aromatic heterocycles. The lowest BCUT2D eigenvalue weighted by Gasteiger charge is -2.21. The predicted octanol–water partition coefficient (Wildman–Crippen LogP) is 2.86. The topological polar surface area (TPSA) is 68.8 Å². The first kappa shape index (κ1) is 16.8. The van der Waals surface area contributed by atoms with E-state index in [2.05, 4.69) is 38.4 Å². The smallest absolute Gasteiger partial charge is 0.191 e. The largest absolute Gasteiger partial charge is 0.361 e. The first-order valence-corrected chi connectivity index (χ1v) is 8.98. The van der Waals surface area contributed by atoms with Crippen molar-refractivity contribution in [3.63, 3.8) is 0 Å². The molecule has 2 fully saturated rings. The molecule has 1 atom stereocenters. The van der Waals surface area contributed by atoms with Gasteiger partial charge in [0.25, 0.3) is 0 Å². The fraction of sp³-hybridized carbons (Fsp3) is 0.667. The van der Waals surface area contributed by atoms with Crippen molar-refractivity contribution in [2.45, 2.75) is 48.4 Å². The minimum Gasteiger partial charge on any atom is -0.361 e. The second-order valence-electron chi connectivity index (χ2n) is 6.23. The van der Waals surface area contributed by atoms with Crippen LogP contribution in [0, 0.1) is 0 Å². The molecule has 3 heterocycles. The number of nitrogens with one attached hydrogen (secondary N) is 1. The van der Waals surface area contributed by atoms with Gasteiger partial charge in [0.2, 0.25) is 0 Å². The van der Waals surface area contributed by atoms with Crippen molar-refractivity contribution in [2.75, 3.05) is 13.1 Å². The second-order valence-corrected chi connectivity index (χ2v) is 7.17. The van der Waals surface area contributed by atoms with Crippen LogP contribution in [0.2, 0.25) is 0 Å². The van der Waals surface area contributed by atoms with Gasteiger partial charge in [-0.3, -0.25) is 0 Å². The average molecular weight is 356 g/mol. The van der Waals surface area contributed by atoms with Crippen molar-refractivity contribution < 1.29 is 4.52 Å². The number of hydrogen-bond donors (Lipinski definition) is 1. The van der Waals surface area contributed by atoms with Crippen LogP contribution in [-0.2, 0) is 12.8 Å². The number of rotatable bonds is 5. The summed E-state index contributed by atoms with van der Waals surface area (Å²) in [5.74, 6) is 4.02. The van der Waals surface area contributed by atoms with Crippen LogP contribution in [0.15, 0.2) is 15.7 Å². The highest BCUT2D eigenvalue weighted by Gasteiger charge is 2.28.